The molecule has 2 aliphatic rings. The highest BCUT2D eigenvalue weighted by Gasteiger charge is 2.60. The number of hydrogen-bond acceptors (Lipinski definition) is 5. The molecule has 2 amide bonds. The molecule has 3 unspecified atom stereocenters. The van der Waals surface area contributed by atoms with Crippen LogP contribution in [0.4, 0.5) is 11.4 Å². The molecular weight excluding hydrogens is 428 g/mol. The maximum Gasteiger partial charge on any atom is 0.266 e. The van der Waals surface area contributed by atoms with Gasteiger partial charge in [0, 0.05) is 6.07 Å². The van der Waals surface area contributed by atoms with Crippen LogP contribution in [0.2, 0.25) is 0 Å². The van der Waals surface area contributed by atoms with Gasteiger partial charge in [0.2, 0.25) is 5.91 Å². The molecule has 0 radical (unpaired) electrons. The second-order valence-electron chi connectivity index (χ2n) is 8.44. The third kappa shape index (κ3) is 3.07. The van der Waals surface area contributed by atoms with Crippen molar-refractivity contribution in [1.82, 2.24) is 0 Å². The summed E-state index contributed by atoms with van der Waals surface area (Å²) in [5, 5.41) is 3.83. The van der Waals surface area contributed by atoms with Crippen LogP contribution in [0.5, 0.6) is 5.75 Å². The number of para-hydroxylation sites is 1. The van der Waals surface area contributed by atoms with Crippen molar-refractivity contribution in [3.63, 3.8) is 0 Å². The first-order valence-corrected chi connectivity index (χ1v) is 11.2. The molecular formula is C28H22N2O4. The Bertz CT molecular complexity index is 1400. The van der Waals surface area contributed by atoms with Gasteiger partial charge in [0.1, 0.15) is 11.7 Å². The highest BCUT2D eigenvalue weighted by Crippen LogP contribution is 2.49. The lowest BCUT2D eigenvalue weighted by molar-refractivity contribution is -0.126. The minimum absolute atomic E-state index is 0.278. The van der Waals surface area contributed by atoms with E-state index < -0.39 is 18.1 Å². The van der Waals surface area contributed by atoms with Crippen molar-refractivity contribution in [2.75, 3.05) is 17.1 Å². The van der Waals surface area contributed by atoms with Gasteiger partial charge in [0.05, 0.1) is 24.5 Å². The molecule has 0 spiro atoms. The molecule has 2 aliphatic heterocycles. The predicted octanol–water partition coefficient (Wildman–Crippen LogP) is 4.90. The van der Waals surface area contributed by atoms with Gasteiger partial charge in [-0.15, -0.1) is 0 Å². The SMILES string of the molecule is COc1cccc(N2C(=O)C3ON(c4ccccc4)C(c4cccc5ccccc45)C3C2=O)c1. The second-order valence-corrected chi connectivity index (χ2v) is 8.44. The molecule has 0 aromatic heterocycles. The van der Waals surface area contributed by atoms with E-state index in [0.717, 1.165) is 22.0 Å². The van der Waals surface area contributed by atoms with E-state index in [1.54, 1.807) is 36.4 Å². The van der Waals surface area contributed by atoms with Crippen LogP contribution < -0.4 is 14.7 Å². The number of imide groups is 1. The molecule has 6 nitrogen and oxygen atoms in total. The molecule has 0 N–H and O–H groups in total. The number of carbonyl (C=O) groups excluding carboxylic acids is 2. The van der Waals surface area contributed by atoms with Crippen molar-refractivity contribution in [2.24, 2.45) is 5.92 Å². The first kappa shape index (κ1) is 20.4. The molecule has 2 heterocycles. The summed E-state index contributed by atoms with van der Waals surface area (Å²) in [5.41, 5.74) is 2.22. The standard InChI is InChI=1S/C28H22N2O4/c1-33-21-14-8-13-20(17-21)29-27(31)24-25(23-16-7-10-18-9-5-6-15-22(18)23)30(34-26(24)28(29)32)19-11-3-2-4-12-19/h2-17,24-26H,1H3. The number of nitrogens with zero attached hydrogens (tertiary/aromatic N) is 2. The Balaban J connectivity index is 1.50. The van der Waals surface area contributed by atoms with E-state index >= 15 is 0 Å². The molecule has 34 heavy (non-hydrogen) atoms. The molecule has 4 aromatic carbocycles. The lowest BCUT2D eigenvalue weighted by Crippen LogP contribution is -2.37. The van der Waals surface area contributed by atoms with Crippen LogP contribution >= 0.6 is 0 Å². The Kier molecular flexibility index (Phi) is 4.81. The zero-order valence-electron chi connectivity index (χ0n) is 18.5. The molecule has 2 saturated heterocycles. The van der Waals surface area contributed by atoms with Crippen LogP contribution in [0.15, 0.2) is 97.1 Å². The smallest absolute Gasteiger partial charge is 0.266 e. The Morgan fingerprint density at radius 2 is 1.47 bits per heavy atom. The van der Waals surface area contributed by atoms with E-state index in [4.69, 9.17) is 9.57 Å². The number of methoxy groups -OCH3 is 1. The quantitative estimate of drug-likeness (QED) is 0.414. The monoisotopic (exact) mass is 450 g/mol. The summed E-state index contributed by atoms with van der Waals surface area (Å²) in [4.78, 5) is 34.9. The highest BCUT2D eigenvalue weighted by molar-refractivity contribution is 6.24. The molecule has 4 aromatic rings. The first-order chi connectivity index (χ1) is 16.7. The Morgan fingerprint density at radius 1 is 0.765 bits per heavy atom. The van der Waals surface area contributed by atoms with Gasteiger partial charge in [-0.25, -0.2) is 9.96 Å². The molecule has 0 bridgehead atoms. The zero-order chi connectivity index (χ0) is 23.2. The summed E-state index contributed by atoms with van der Waals surface area (Å²) in [5.74, 6) is -0.760. The average molecular weight is 450 g/mol. The minimum Gasteiger partial charge on any atom is -0.497 e. The van der Waals surface area contributed by atoms with E-state index in [1.807, 2.05) is 72.8 Å². The van der Waals surface area contributed by atoms with Crippen molar-refractivity contribution in [3.8, 4) is 5.75 Å². The van der Waals surface area contributed by atoms with Gasteiger partial charge in [0.15, 0.2) is 6.10 Å². The maximum atomic E-state index is 13.9. The third-order valence-corrected chi connectivity index (χ3v) is 6.58. The normalized spacial score (nSPS) is 21.9. The molecule has 6 heteroatoms. The van der Waals surface area contributed by atoms with Gasteiger partial charge in [-0.3, -0.25) is 14.4 Å². The summed E-state index contributed by atoms with van der Waals surface area (Å²) in [7, 11) is 1.55. The van der Waals surface area contributed by atoms with Crippen molar-refractivity contribution in [2.45, 2.75) is 12.1 Å². The van der Waals surface area contributed by atoms with E-state index in [2.05, 4.69) is 0 Å². The molecule has 0 aliphatic carbocycles. The summed E-state index contributed by atoms with van der Waals surface area (Å²) >= 11 is 0. The summed E-state index contributed by atoms with van der Waals surface area (Å²) < 4.78 is 5.30. The number of hydrogen-bond donors (Lipinski definition) is 0. The van der Waals surface area contributed by atoms with Crippen LogP contribution in [-0.4, -0.2) is 25.0 Å². The summed E-state index contributed by atoms with van der Waals surface area (Å²) in [6, 6.07) is 30.2. The average Bonchev–Trinajstić information content (AvgIpc) is 3.40. The van der Waals surface area contributed by atoms with Gasteiger partial charge >= 0.3 is 0 Å². The van der Waals surface area contributed by atoms with Gasteiger partial charge in [0.25, 0.3) is 5.91 Å². The zero-order valence-corrected chi connectivity index (χ0v) is 18.5. The number of anilines is 2. The van der Waals surface area contributed by atoms with Crippen molar-refractivity contribution in [1.29, 1.82) is 0 Å². The molecule has 0 saturated carbocycles. The van der Waals surface area contributed by atoms with E-state index in [0.29, 0.717) is 11.4 Å². The molecule has 2 fully saturated rings. The molecule has 168 valence electrons. The number of ether oxygens (including phenoxy) is 1. The lowest BCUT2D eigenvalue weighted by atomic mass is 9.87. The van der Waals surface area contributed by atoms with Gasteiger partial charge in [-0.05, 0) is 40.6 Å². The molecule has 6 rings (SSSR count). The molecule has 3 atom stereocenters. The van der Waals surface area contributed by atoms with E-state index in [1.165, 1.54) is 4.90 Å². The van der Waals surface area contributed by atoms with E-state index in [9.17, 15) is 9.59 Å². The van der Waals surface area contributed by atoms with Crippen LogP contribution in [0.25, 0.3) is 10.8 Å². The highest BCUT2D eigenvalue weighted by atomic mass is 16.7. The van der Waals surface area contributed by atoms with Gasteiger partial charge in [-0.1, -0.05) is 66.7 Å². The van der Waals surface area contributed by atoms with Gasteiger partial charge < -0.3 is 4.74 Å². The maximum absolute atomic E-state index is 13.9. The predicted molar refractivity (Wildman–Crippen MR) is 129 cm³/mol. The number of benzene rings is 4. The van der Waals surface area contributed by atoms with Crippen molar-refractivity contribution < 1.29 is 19.2 Å². The largest absolute Gasteiger partial charge is 0.497 e. The first-order valence-electron chi connectivity index (χ1n) is 11.2. The Hall–Kier alpha value is -4.16. The Labute approximate surface area is 196 Å². The third-order valence-electron chi connectivity index (χ3n) is 6.58. The number of amides is 2. The number of carbonyl (C=O) groups is 2. The minimum atomic E-state index is -0.914. The second kappa shape index (κ2) is 8.01. The van der Waals surface area contributed by atoms with Gasteiger partial charge in [-0.2, -0.15) is 0 Å². The van der Waals surface area contributed by atoms with Crippen LogP contribution in [0.1, 0.15) is 11.6 Å². The van der Waals surface area contributed by atoms with Crippen molar-refractivity contribution >= 4 is 34.0 Å². The van der Waals surface area contributed by atoms with Crippen LogP contribution in [0, 0.1) is 5.92 Å². The fourth-order valence-corrected chi connectivity index (χ4v) is 5.04. The summed E-state index contributed by atoms with van der Waals surface area (Å²) in [6.07, 6.45) is -0.914. The number of fused-ring (bicyclic) bond motifs is 2. The van der Waals surface area contributed by atoms with E-state index in [-0.39, 0.29) is 11.8 Å². The number of hydroxylamine groups is 1. The van der Waals surface area contributed by atoms with Crippen LogP contribution in [0.3, 0.4) is 0 Å². The van der Waals surface area contributed by atoms with Crippen LogP contribution in [-0.2, 0) is 14.4 Å². The fourth-order valence-electron chi connectivity index (χ4n) is 5.04. The topological polar surface area (TPSA) is 59.1 Å². The fraction of sp³-hybridized carbons (Fsp3) is 0.143. The Morgan fingerprint density at radius 3 is 2.29 bits per heavy atom. The lowest BCUT2D eigenvalue weighted by Gasteiger charge is -2.29. The van der Waals surface area contributed by atoms with Crippen molar-refractivity contribution in [3.05, 3.63) is 103 Å². The number of rotatable bonds is 4. The summed E-state index contributed by atoms with van der Waals surface area (Å²) in [6.45, 7) is 0.